The van der Waals surface area contributed by atoms with Crippen LogP contribution >= 0.6 is 0 Å². The SMILES string of the molecule is CCCCCCCCCCCCCCCCCC(=O)N(C(COC(=O)CCc1cc(C(C)(C)C)c(O)c(C(C)(C)C)c1)OC(=O)CCc1cc(C(C)(C)C)c(O)c(C(C)(C)C)c1)C(COC(=O)CCc1cc(C(C)(C)C)c(O)c(C(C)(C)C)c1)OC(=O)CCc1cc(C(C)(C)C)c(O)c(C(C)(C)C)c1. The van der Waals surface area contributed by atoms with Crippen LogP contribution in [0.2, 0.25) is 0 Å². The van der Waals surface area contributed by atoms with E-state index in [4.69, 9.17) is 18.9 Å². The molecule has 0 aliphatic heterocycles. The second-order valence-electron chi connectivity index (χ2n) is 37.9. The van der Waals surface area contributed by atoms with Crippen molar-refractivity contribution in [2.75, 3.05) is 13.2 Å². The van der Waals surface area contributed by atoms with Gasteiger partial charge in [-0.2, -0.15) is 0 Å². The normalized spacial score (nSPS) is 13.4. The van der Waals surface area contributed by atoms with Crippen molar-refractivity contribution in [1.82, 2.24) is 4.90 Å². The molecule has 4 aromatic carbocycles. The fourth-order valence-corrected chi connectivity index (χ4v) is 13.4. The van der Waals surface area contributed by atoms with Gasteiger partial charge in [0.25, 0.3) is 0 Å². The first kappa shape index (κ1) is 89.8. The lowest BCUT2D eigenvalue weighted by Crippen LogP contribution is -2.54. The summed E-state index contributed by atoms with van der Waals surface area (Å²) in [6, 6.07) is 15.3. The summed E-state index contributed by atoms with van der Waals surface area (Å²) in [7, 11) is 0. The molecule has 2 unspecified atom stereocenters. The molecule has 104 heavy (non-hydrogen) atoms. The second-order valence-corrected chi connectivity index (χ2v) is 37.9. The average Bonchev–Trinajstić information content (AvgIpc) is 0.800. The first-order chi connectivity index (χ1) is 47.9. The van der Waals surface area contributed by atoms with Crippen LogP contribution in [0.1, 0.15) is 368 Å². The Morgan fingerprint density at radius 3 is 0.692 bits per heavy atom. The van der Waals surface area contributed by atoms with Gasteiger partial charge in [-0.15, -0.1) is 0 Å². The average molecular weight is 1450 g/mol. The molecule has 0 aliphatic carbocycles. The lowest BCUT2D eigenvalue weighted by Gasteiger charge is -2.36. The zero-order chi connectivity index (χ0) is 78.7. The molecular weight excluding hydrogens is 1300 g/mol. The van der Waals surface area contributed by atoms with E-state index in [1.807, 2.05) is 215 Å². The molecule has 0 aromatic heterocycles. The van der Waals surface area contributed by atoms with Gasteiger partial charge in [0.15, 0.2) is 0 Å². The zero-order valence-corrected chi connectivity index (χ0v) is 69.6. The number of phenols is 4. The third kappa shape index (κ3) is 28.6. The molecule has 0 fully saturated rings. The van der Waals surface area contributed by atoms with E-state index in [-0.39, 0.29) is 80.8 Å². The molecule has 0 radical (unpaired) electrons. The number of benzene rings is 4. The predicted molar refractivity (Wildman–Crippen MR) is 423 cm³/mol. The number of aromatic hydroxyl groups is 4. The van der Waals surface area contributed by atoms with Crippen molar-refractivity contribution in [3.8, 4) is 23.0 Å². The number of nitrogens with zero attached hydrogens (tertiary/aromatic N) is 1. The predicted octanol–water partition coefficient (Wildman–Crippen LogP) is 21.6. The Bertz CT molecular complexity index is 3120. The van der Waals surface area contributed by atoms with Crippen LogP contribution in [-0.2, 0) is 112 Å². The Balaban J connectivity index is 1.89. The van der Waals surface area contributed by atoms with E-state index < -0.39 is 98.8 Å². The molecule has 14 nitrogen and oxygen atoms in total. The fraction of sp³-hybridized carbons (Fsp3) is 0.678. The Kier molecular flexibility index (Phi) is 33.1. The van der Waals surface area contributed by atoms with Gasteiger partial charge in [-0.25, -0.2) is 0 Å². The maximum Gasteiger partial charge on any atom is 0.308 e. The number of unbranched alkanes of at least 4 members (excludes halogenated alkanes) is 14. The Morgan fingerprint density at radius 2 is 0.490 bits per heavy atom. The van der Waals surface area contributed by atoms with Crippen LogP contribution in [0.5, 0.6) is 23.0 Å². The Morgan fingerprint density at radius 1 is 0.298 bits per heavy atom. The minimum Gasteiger partial charge on any atom is -0.507 e. The molecule has 4 rings (SSSR count). The number of rotatable bonds is 36. The molecular formula is C90H141NO13. The molecule has 0 aliphatic rings. The smallest absolute Gasteiger partial charge is 0.308 e. The third-order valence-electron chi connectivity index (χ3n) is 19.8. The van der Waals surface area contributed by atoms with Crippen molar-refractivity contribution in [1.29, 1.82) is 0 Å². The summed E-state index contributed by atoms with van der Waals surface area (Å²) in [4.78, 5) is 75.5. The van der Waals surface area contributed by atoms with Crippen molar-refractivity contribution >= 4 is 29.8 Å². The first-order valence-electron chi connectivity index (χ1n) is 39.3. The monoisotopic (exact) mass is 1440 g/mol. The quantitative estimate of drug-likeness (QED) is 0.0145. The van der Waals surface area contributed by atoms with Crippen LogP contribution in [0.4, 0.5) is 0 Å². The van der Waals surface area contributed by atoms with Crippen molar-refractivity contribution in [3.05, 3.63) is 115 Å². The van der Waals surface area contributed by atoms with Crippen LogP contribution in [0.25, 0.3) is 0 Å². The summed E-state index contributed by atoms with van der Waals surface area (Å²) < 4.78 is 25.2. The minimum atomic E-state index is -1.71. The molecule has 4 N–H and O–H groups in total. The lowest BCUT2D eigenvalue weighted by atomic mass is 9.78. The number of hydrogen-bond acceptors (Lipinski definition) is 13. The van der Waals surface area contributed by atoms with E-state index in [9.17, 15) is 39.6 Å². The van der Waals surface area contributed by atoms with Crippen LogP contribution in [0, 0.1) is 0 Å². The number of esters is 4. The second kappa shape index (κ2) is 38.3. The van der Waals surface area contributed by atoms with E-state index in [1.54, 1.807) is 0 Å². The van der Waals surface area contributed by atoms with Crippen LogP contribution in [-0.4, -0.2) is 80.8 Å². The maximum absolute atomic E-state index is 15.7. The standard InChI is InChI=1S/C90H141NO13/c1-26-27-28-29-30-31-32-33-34-35-36-37-38-39-40-41-72(92)91(73(103-77(95)48-44-62-54-68(87(14,15)16)81(99)69(55-62)88(17,18)19)58-101-75(93)46-42-60-50-64(83(2,3)4)79(97)65(51-60)84(5,6)7)74(104-78(96)49-45-63-56-70(89(20,21)22)82(100)71(57-63)90(23,24)25)59-102-76(94)47-43-61-52-66(85(8,9)10)80(98)67(53-61)86(11,12)13/h50-57,73-74,97-100H,26-49,58-59H2,1-25H3. The number of carbonyl (C=O) groups is 5. The molecule has 584 valence electrons. The summed E-state index contributed by atoms with van der Waals surface area (Å²) in [5.74, 6) is -2.66. The van der Waals surface area contributed by atoms with Crippen molar-refractivity contribution in [3.63, 3.8) is 0 Å². The molecule has 14 heteroatoms. The van der Waals surface area contributed by atoms with Gasteiger partial charge >= 0.3 is 23.9 Å². The Hall–Kier alpha value is -6.57. The van der Waals surface area contributed by atoms with E-state index in [0.29, 0.717) is 35.1 Å². The largest absolute Gasteiger partial charge is 0.507 e. The van der Waals surface area contributed by atoms with Gasteiger partial charge in [0.1, 0.15) is 36.2 Å². The number of phenolic OH excluding ortho intramolecular Hbond substituents is 4. The third-order valence-corrected chi connectivity index (χ3v) is 19.8. The molecule has 0 saturated heterocycles. The van der Waals surface area contributed by atoms with E-state index in [1.165, 1.54) is 57.8 Å². The number of ether oxygens (including phenoxy) is 4. The van der Waals surface area contributed by atoms with Crippen LogP contribution in [0.3, 0.4) is 0 Å². The molecule has 0 heterocycles. The van der Waals surface area contributed by atoms with E-state index in [0.717, 1.165) is 75.1 Å². The maximum atomic E-state index is 15.7. The van der Waals surface area contributed by atoms with Gasteiger partial charge in [-0.05, 0) is 142 Å². The highest BCUT2D eigenvalue weighted by atomic mass is 16.6. The minimum absolute atomic E-state index is 0.0836. The van der Waals surface area contributed by atoms with Gasteiger partial charge in [0.2, 0.25) is 18.4 Å². The highest BCUT2D eigenvalue weighted by Crippen LogP contribution is 2.45. The topological polar surface area (TPSA) is 206 Å². The summed E-state index contributed by atoms with van der Waals surface area (Å²) in [6.07, 6.45) is 13.2. The number of hydrogen-bond donors (Lipinski definition) is 4. The fourth-order valence-electron chi connectivity index (χ4n) is 13.4. The van der Waals surface area contributed by atoms with Crippen molar-refractivity contribution in [2.45, 2.75) is 383 Å². The van der Waals surface area contributed by atoms with Gasteiger partial charge in [0.05, 0.1) is 0 Å². The van der Waals surface area contributed by atoms with E-state index in [2.05, 4.69) is 6.92 Å². The summed E-state index contributed by atoms with van der Waals surface area (Å²) >= 11 is 0. The Labute approximate surface area is 629 Å². The zero-order valence-electron chi connectivity index (χ0n) is 69.6. The lowest BCUT2D eigenvalue weighted by molar-refractivity contribution is -0.206. The molecule has 2 atom stereocenters. The van der Waals surface area contributed by atoms with Crippen LogP contribution < -0.4 is 0 Å². The first-order valence-corrected chi connectivity index (χ1v) is 39.3. The van der Waals surface area contributed by atoms with Crippen LogP contribution in [0.15, 0.2) is 48.5 Å². The number of amides is 1. The highest BCUT2D eigenvalue weighted by molar-refractivity contribution is 5.79. The van der Waals surface area contributed by atoms with E-state index >= 15 is 4.79 Å². The van der Waals surface area contributed by atoms with Gasteiger partial charge in [-0.3, -0.25) is 28.9 Å². The molecule has 0 saturated carbocycles. The van der Waals surface area contributed by atoms with Crippen molar-refractivity contribution in [2.24, 2.45) is 0 Å². The summed E-state index contributed by atoms with van der Waals surface area (Å²) in [5.41, 5.74) is 5.36. The van der Waals surface area contributed by atoms with Gasteiger partial charge < -0.3 is 39.4 Å². The highest BCUT2D eigenvalue weighted by Gasteiger charge is 2.39. The number of carbonyl (C=O) groups excluding carboxylic acids is 5. The molecule has 0 bridgehead atoms. The number of aryl methyl sites for hydroxylation is 4. The summed E-state index contributed by atoms with van der Waals surface area (Å²) in [5, 5.41) is 46.5. The van der Waals surface area contributed by atoms with Crippen molar-refractivity contribution < 1.29 is 63.3 Å². The molecule has 1 amide bonds. The van der Waals surface area contributed by atoms with Gasteiger partial charge in [-0.1, -0.05) is 312 Å². The molecule has 0 spiro atoms. The molecule has 4 aromatic rings. The summed E-state index contributed by atoms with van der Waals surface area (Å²) in [6.45, 7) is 49.3. The van der Waals surface area contributed by atoms with Gasteiger partial charge in [0, 0.05) is 32.1 Å².